The van der Waals surface area contributed by atoms with Gasteiger partial charge in [0.1, 0.15) is 5.69 Å². The number of anilines is 2. The van der Waals surface area contributed by atoms with Crippen LogP contribution in [0.15, 0.2) is 24.5 Å². The summed E-state index contributed by atoms with van der Waals surface area (Å²) in [5.74, 6) is 0.826. The average molecular weight is 287 g/mol. The zero-order chi connectivity index (χ0) is 14.5. The summed E-state index contributed by atoms with van der Waals surface area (Å²) >= 11 is 0. The highest BCUT2D eigenvalue weighted by molar-refractivity contribution is 5.92. The Hall–Kier alpha value is -2.64. The molecule has 3 rings (SSSR count). The highest BCUT2D eigenvalue weighted by Gasteiger charge is 2.17. The average Bonchev–Trinajstić information content (AvgIpc) is 3.19. The van der Waals surface area contributed by atoms with Gasteiger partial charge in [0.25, 0.3) is 0 Å². The molecule has 0 aliphatic carbocycles. The molecular weight excluding hydrogens is 270 g/mol. The monoisotopic (exact) mass is 287 g/mol. The number of urea groups is 1. The number of pyridine rings is 1. The van der Waals surface area contributed by atoms with Crippen molar-refractivity contribution < 1.29 is 4.79 Å². The Kier molecular flexibility index (Phi) is 3.95. The Balaban J connectivity index is 1.62. The van der Waals surface area contributed by atoms with Crippen LogP contribution in [0.4, 0.5) is 16.3 Å². The molecule has 0 saturated carbocycles. The van der Waals surface area contributed by atoms with Gasteiger partial charge in [-0.1, -0.05) is 0 Å². The van der Waals surface area contributed by atoms with Crippen LogP contribution in [0.5, 0.6) is 0 Å². The normalized spacial score (nSPS) is 14.2. The van der Waals surface area contributed by atoms with Gasteiger partial charge in [0.05, 0.1) is 18.4 Å². The van der Waals surface area contributed by atoms with E-state index in [2.05, 4.69) is 35.9 Å². The second kappa shape index (κ2) is 6.21. The summed E-state index contributed by atoms with van der Waals surface area (Å²) in [7, 11) is 0. The SMILES string of the molecule is O=C(NCc1cn[nH]n1)Nc1cccnc1N1CCCC1. The number of rotatable bonds is 4. The van der Waals surface area contributed by atoms with Crippen molar-refractivity contribution in [3.8, 4) is 0 Å². The van der Waals surface area contributed by atoms with Gasteiger partial charge in [0, 0.05) is 19.3 Å². The number of nitrogens with zero attached hydrogens (tertiary/aromatic N) is 4. The van der Waals surface area contributed by atoms with Crippen molar-refractivity contribution in [3.63, 3.8) is 0 Å². The van der Waals surface area contributed by atoms with Crippen LogP contribution in [-0.2, 0) is 6.54 Å². The molecule has 0 spiro atoms. The standard InChI is InChI=1S/C13H17N7O/c21-13(15-8-10-9-16-19-18-10)17-11-4-3-5-14-12(11)20-6-1-2-7-20/h3-5,9H,1-2,6-8H2,(H2,15,17,21)(H,16,18,19). The molecular formula is C13H17N7O. The topological polar surface area (TPSA) is 98.8 Å². The Morgan fingerprint density at radius 1 is 1.38 bits per heavy atom. The van der Waals surface area contributed by atoms with Crippen molar-refractivity contribution in [1.82, 2.24) is 25.7 Å². The minimum absolute atomic E-state index is 0.286. The highest BCUT2D eigenvalue weighted by atomic mass is 16.2. The molecule has 3 heterocycles. The lowest BCUT2D eigenvalue weighted by Crippen LogP contribution is -2.30. The predicted molar refractivity (Wildman–Crippen MR) is 77.9 cm³/mol. The van der Waals surface area contributed by atoms with Crippen LogP contribution in [0.3, 0.4) is 0 Å². The number of nitrogens with one attached hydrogen (secondary N) is 3. The maximum atomic E-state index is 11.9. The number of carbonyl (C=O) groups is 1. The first kappa shape index (κ1) is 13.3. The Morgan fingerprint density at radius 2 is 2.24 bits per heavy atom. The molecule has 2 amide bonds. The molecule has 1 saturated heterocycles. The summed E-state index contributed by atoms with van der Waals surface area (Å²) in [6.07, 6.45) is 5.63. The lowest BCUT2D eigenvalue weighted by molar-refractivity contribution is 0.251. The quantitative estimate of drug-likeness (QED) is 0.782. The van der Waals surface area contributed by atoms with Crippen molar-refractivity contribution in [2.75, 3.05) is 23.3 Å². The summed E-state index contributed by atoms with van der Waals surface area (Å²) in [6, 6.07) is 3.38. The van der Waals surface area contributed by atoms with Crippen LogP contribution in [0.1, 0.15) is 18.5 Å². The van der Waals surface area contributed by atoms with Crippen molar-refractivity contribution in [2.45, 2.75) is 19.4 Å². The van der Waals surface area contributed by atoms with Gasteiger partial charge in [-0.15, -0.1) is 0 Å². The first-order chi connectivity index (χ1) is 10.3. The summed E-state index contributed by atoms with van der Waals surface area (Å²) in [6.45, 7) is 2.28. The van der Waals surface area contributed by atoms with E-state index in [0.717, 1.165) is 37.4 Å². The Labute approximate surface area is 121 Å². The zero-order valence-electron chi connectivity index (χ0n) is 11.5. The third-order valence-corrected chi connectivity index (χ3v) is 3.34. The first-order valence-corrected chi connectivity index (χ1v) is 6.92. The third-order valence-electron chi connectivity index (χ3n) is 3.34. The fourth-order valence-electron chi connectivity index (χ4n) is 2.32. The molecule has 2 aromatic heterocycles. The number of amides is 2. The molecule has 2 aromatic rings. The van der Waals surface area contributed by atoms with Gasteiger partial charge in [-0.25, -0.2) is 9.78 Å². The number of aromatic nitrogens is 4. The van der Waals surface area contributed by atoms with E-state index >= 15 is 0 Å². The van der Waals surface area contributed by atoms with Crippen LogP contribution < -0.4 is 15.5 Å². The van der Waals surface area contributed by atoms with Crippen molar-refractivity contribution in [1.29, 1.82) is 0 Å². The Morgan fingerprint density at radius 3 is 3.00 bits per heavy atom. The van der Waals surface area contributed by atoms with Gasteiger partial charge < -0.3 is 15.5 Å². The van der Waals surface area contributed by atoms with Crippen molar-refractivity contribution >= 4 is 17.5 Å². The van der Waals surface area contributed by atoms with E-state index in [9.17, 15) is 4.79 Å². The highest BCUT2D eigenvalue weighted by Crippen LogP contribution is 2.25. The van der Waals surface area contributed by atoms with E-state index < -0.39 is 0 Å². The number of hydrogen-bond acceptors (Lipinski definition) is 5. The molecule has 0 radical (unpaired) electrons. The van der Waals surface area contributed by atoms with Gasteiger partial charge in [0.2, 0.25) is 0 Å². The van der Waals surface area contributed by atoms with Gasteiger partial charge in [0.15, 0.2) is 5.82 Å². The van der Waals surface area contributed by atoms with Crippen LogP contribution in [0, 0.1) is 0 Å². The third kappa shape index (κ3) is 3.28. The summed E-state index contributed by atoms with van der Waals surface area (Å²) in [4.78, 5) is 18.5. The predicted octanol–water partition coefficient (Wildman–Crippen LogP) is 1.12. The maximum Gasteiger partial charge on any atom is 0.319 e. The van der Waals surface area contributed by atoms with Gasteiger partial charge in [-0.05, 0) is 25.0 Å². The molecule has 110 valence electrons. The molecule has 0 aromatic carbocycles. The minimum atomic E-state index is -0.286. The van der Waals surface area contributed by atoms with Crippen LogP contribution >= 0.6 is 0 Å². The van der Waals surface area contributed by atoms with E-state index in [1.54, 1.807) is 12.4 Å². The molecule has 3 N–H and O–H groups in total. The van der Waals surface area contributed by atoms with Gasteiger partial charge >= 0.3 is 6.03 Å². The first-order valence-electron chi connectivity index (χ1n) is 6.92. The Bertz CT molecular complexity index is 592. The largest absolute Gasteiger partial charge is 0.355 e. The molecule has 0 bridgehead atoms. The van der Waals surface area contributed by atoms with Crippen molar-refractivity contribution in [3.05, 3.63) is 30.2 Å². The smallest absolute Gasteiger partial charge is 0.319 e. The van der Waals surface area contributed by atoms with E-state index in [4.69, 9.17) is 0 Å². The van der Waals surface area contributed by atoms with Crippen LogP contribution in [0.25, 0.3) is 0 Å². The van der Waals surface area contributed by atoms with E-state index in [1.807, 2.05) is 12.1 Å². The van der Waals surface area contributed by atoms with E-state index in [-0.39, 0.29) is 6.03 Å². The van der Waals surface area contributed by atoms with Gasteiger partial charge in [-0.2, -0.15) is 15.4 Å². The number of carbonyl (C=O) groups excluding carboxylic acids is 1. The molecule has 1 fully saturated rings. The fourth-order valence-corrected chi connectivity index (χ4v) is 2.32. The van der Waals surface area contributed by atoms with Gasteiger partial charge in [-0.3, -0.25) is 0 Å². The lowest BCUT2D eigenvalue weighted by Gasteiger charge is -2.19. The lowest BCUT2D eigenvalue weighted by atomic mass is 10.3. The zero-order valence-corrected chi connectivity index (χ0v) is 11.5. The minimum Gasteiger partial charge on any atom is -0.355 e. The fraction of sp³-hybridized carbons (Fsp3) is 0.385. The molecule has 1 aliphatic heterocycles. The van der Waals surface area contributed by atoms with E-state index in [0.29, 0.717) is 12.2 Å². The summed E-state index contributed by atoms with van der Waals surface area (Å²) < 4.78 is 0. The molecule has 21 heavy (non-hydrogen) atoms. The number of H-pyrrole nitrogens is 1. The van der Waals surface area contributed by atoms with E-state index in [1.165, 1.54) is 0 Å². The molecule has 8 heteroatoms. The van der Waals surface area contributed by atoms with Crippen LogP contribution in [-0.4, -0.2) is 39.5 Å². The summed E-state index contributed by atoms with van der Waals surface area (Å²) in [5.41, 5.74) is 1.40. The molecule has 0 unspecified atom stereocenters. The second-order valence-electron chi connectivity index (χ2n) is 4.84. The molecule has 8 nitrogen and oxygen atoms in total. The second-order valence-corrected chi connectivity index (χ2v) is 4.84. The van der Waals surface area contributed by atoms with Crippen molar-refractivity contribution in [2.24, 2.45) is 0 Å². The number of hydrogen-bond donors (Lipinski definition) is 3. The van der Waals surface area contributed by atoms with Crippen LogP contribution in [0.2, 0.25) is 0 Å². The maximum absolute atomic E-state index is 11.9. The molecule has 1 aliphatic rings. The molecule has 0 atom stereocenters. The number of aromatic amines is 1. The summed E-state index contributed by atoms with van der Waals surface area (Å²) in [5, 5.41) is 15.6.